The van der Waals surface area contributed by atoms with E-state index in [1.54, 1.807) is 13.8 Å². The predicted molar refractivity (Wildman–Crippen MR) is 115 cm³/mol. The van der Waals surface area contributed by atoms with Gasteiger partial charge in [0.1, 0.15) is 11.3 Å². The van der Waals surface area contributed by atoms with Gasteiger partial charge in [-0.2, -0.15) is 0 Å². The highest BCUT2D eigenvalue weighted by Gasteiger charge is 2.27. The van der Waals surface area contributed by atoms with Gasteiger partial charge in [-0.25, -0.2) is 9.59 Å². The number of nitrogens with zero attached hydrogens (tertiary/aromatic N) is 1. The third-order valence-electron chi connectivity index (χ3n) is 5.26. The molecule has 1 fully saturated rings. The number of likely N-dealkylation sites (tertiary alicyclic amines) is 1. The Balaban J connectivity index is 1.97. The van der Waals surface area contributed by atoms with E-state index in [2.05, 4.69) is 9.88 Å². The van der Waals surface area contributed by atoms with Gasteiger partial charge in [0.05, 0.1) is 12.2 Å². The van der Waals surface area contributed by atoms with E-state index in [4.69, 9.17) is 9.47 Å². The van der Waals surface area contributed by atoms with Crippen LogP contribution < -0.4 is 0 Å². The van der Waals surface area contributed by atoms with Crippen molar-refractivity contribution in [2.45, 2.75) is 85.2 Å². The lowest BCUT2D eigenvalue weighted by molar-refractivity contribution is 0.00625. The van der Waals surface area contributed by atoms with Gasteiger partial charge in [0, 0.05) is 5.69 Å². The highest BCUT2D eigenvalue weighted by molar-refractivity contribution is 5.98. The largest absolute Gasteiger partial charge is 0.462 e. The number of carbonyl (C=O) groups excluding carboxylic acids is 2. The first-order valence-electron chi connectivity index (χ1n) is 11.1. The summed E-state index contributed by atoms with van der Waals surface area (Å²) in [7, 11) is 0. The Morgan fingerprint density at radius 2 is 1.69 bits per heavy atom. The normalized spacial score (nSPS) is 14.9. The van der Waals surface area contributed by atoms with Gasteiger partial charge in [-0.05, 0) is 91.9 Å². The van der Waals surface area contributed by atoms with E-state index >= 15 is 0 Å². The second kappa shape index (κ2) is 10.8. The van der Waals surface area contributed by atoms with Gasteiger partial charge < -0.3 is 19.4 Å². The molecule has 0 atom stereocenters. The third kappa shape index (κ3) is 7.18. The molecule has 2 heterocycles. The van der Waals surface area contributed by atoms with Crippen molar-refractivity contribution in [3.8, 4) is 0 Å². The number of rotatable bonds is 10. The number of H-pyrrole nitrogens is 1. The SMILES string of the molecule is CCOC(=O)c1c(CCCCCCN2CCCC2)[nH]c(C(=O)OC(C)(C)C)c1C. The van der Waals surface area contributed by atoms with E-state index < -0.39 is 11.6 Å². The van der Waals surface area contributed by atoms with E-state index in [1.165, 1.54) is 45.3 Å². The zero-order valence-electron chi connectivity index (χ0n) is 18.9. The maximum absolute atomic E-state index is 12.6. The van der Waals surface area contributed by atoms with Gasteiger partial charge in [-0.3, -0.25) is 0 Å². The average molecular weight is 407 g/mol. The van der Waals surface area contributed by atoms with E-state index in [0.717, 1.165) is 25.0 Å². The van der Waals surface area contributed by atoms with E-state index in [0.29, 0.717) is 23.4 Å². The second-order valence-electron chi connectivity index (χ2n) is 8.91. The Hall–Kier alpha value is -1.82. The first kappa shape index (κ1) is 23.5. The Morgan fingerprint density at radius 3 is 2.31 bits per heavy atom. The topological polar surface area (TPSA) is 71.6 Å². The zero-order chi connectivity index (χ0) is 21.4. The third-order valence-corrected chi connectivity index (χ3v) is 5.26. The van der Waals surface area contributed by atoms with Crippen LogP contribution in [0.1, 0.15) is 98.3 Å². The Bertz CT molecular complexity index is 682. The van der Waals surface area contributed by atoms with Crippen molar-refractivity contribution in [3.63, 3.8) is 0 Å². The van der Waals surface area contributed by atoms with Gasteiger partial charge in [-0.15, -0.1) is 0 Å². The van der Waals surface area contributed by atoms with Gasteiger partial charge >= 0.3 is 11.9 Å². The summed E-state index contributed by atoms with van der Waals surface area (Å²) in [5, 5.41) is 0. The number of hydrogen-bond acceptors (Lipinski definition) is 5. The number of unbranched alkanes of at least 4 members (excludes halogenated alkanes) is 3. The van der Waals surface area contributed by atoms with Crippen LogP contribution in [0.2, 0.25) is 0 Å². The molecule has 1 saturated heterocycles. The number of hydrogen-bond donors (Lipinski definition) is 1. The smallest absolute Gasteiger partial charge is 0.355 e. The molecule has 0 amide bonds. The van der Waals surface area contributed by atoms with Crippen molar-refractivity contribution in [3.05, 3.63) is 22.5 Å². The monoisotopic (exact) mass is 406 g/mol. The summed E-state index contributed by atoms with van der Waals surface area (Å²) in [4.78, 5) is 30.8. The van der Waals surface area contributed by atoms with Gasteiger partial charge in [0.15, 0.2) is 0 Å². The fourth-order valence-electron chi connectivity index (χ4n) is 3.86. The molecule has 1 aromatic heterocycles. The number of esters is 2. The quantitative estimate of drug-likeness (QED) is 0.452. The molecular formula is C23H38N2O4. The van der Waals surface area contributed by atoms with E-state index in [1.807, 2.05) is 20.8 Å². The minimum absolute atomic E-state index is 0.307. The van der Waals surface area contributed by atoms with Crippen LogP contribution in [0.4, 0.5) is 0 Å². The summed E-state index contributed by atoms with van der Waals surface area (Å²) in [5.74, 6) is -0.808. The molecule has 29 heavy (non-hydrogen) atoms. The van der Waals surface area contributed by atoms with Crippen LogP contribution in [-0.2, 0) is 15.9 Å². The fourth-order valence-corrected chi connectivity index (χ4v) is 3.86. The molecule has 1 aliphatic rings. The van der Waals surface area contributed by atoms with Crippen molar-refractivity contribution in [2.24, 2.45) is 0 Å². The van der Waals surface area contributed by atoms with E-state index in [9.17, 15) is 9.59 Å². The lowest BCUT2D eigenvalue weighted by Gasteiger charge is -2.19. The van der Waals surface area contributed by atoms with Gasteiger partial charge in [0.2, 0.25) is 0 Å². The highest BCUT2D eigenvalue weighted by atomic mass is 16.6. The van der Waals surface area contributed by atoms with Crippen LogP contribution >= 0.6 is 0 Å². The lowest BCUT2D eigenvalue weighted by Crippen LogP contribution is -2.24. The summed E-state index contributed by atoms with van der Waals surface area (Å²) >= 11 is 0. The molecule has 0 spiro atoms. The molecule has 1 aromatic rings. The lowest BCUT2D eigenvalue weighted by atomic mass is 10.0. The average Bonchev–Trinajstić information content (AvgIpc) is 3.24. The Kier molecular flexibility index (Phi) is 8.75. The molecule has 6 nitrogen and oxygen atoms in total. The first-order valence-corrected chi connectivity index (χ1v) is 11.1. The Morgan fingerprint density at radius 1 is 1.03 bits per heavy atom. The van der Waals surface area contributed by atoms with Crippen LogP contribution in [-0.4, -0.2) is 53.7 Å². The maximum Gasteiger partial charge on any atom is 0.355 e. The molecule has 0 aromatic carbocycles. The van der Waals surface area contributed by atoms with Crippen molar-refractivity contribution >= 4 is 11.9 Å². The predicted octanol–water partition coefficient (Wildman–Crippen LogP) is 4.65. The highest BCUT2D eigenvalue weighted by Crippen LogP contribution is 2.24. The standard InChI is InChI=1S/C23H38N2O4/c1-6-28-21(26)19-17(2)20(22(27)29-23(3,4)5)24-18(19)13-9-7-8-10-14-25-15-11-12-16-25/h24H,6-16H2,1-5H3. The molecule has 0 radical (unpaired) electrons. The minimum Gasteiger partial charge on any atom is -0.462 e. The van der Waals surface area contributed by atoms with Crippen molar-refractivity contribution < 1.29 is 19.1 Å². The molecule has 2 rings (SSSR count). The molecule has 0 saturated carbocycles. The summed E-state index contributed by atoms with van der Waals surface area (Å²) in [6, 6.07) is 0. The molecule has 164 valence electrons. The molecule has 0 aliphatic carbocycles. The number of ether oxygens (including phenoxy) is 2. The van der Waals surface area contributed by atoms with Crippen LogP contribution in [0.15, 0.2) is 0 Å². The van der Waals surface area contributed by atoms with Crippen LogP contribution in [0, 0.1) is 6.92 Å². The molecule has 0 bridgehead atoms. The zero-order valence-corrected chi connectivity index (χ0v) is 18.9. The molecule has 6 heteroatoms. The van der Waals surface area contributed by atoms with Crippen molar-refractivity contribution in [1.29, 1.82) is 0 Å². The summed E-state index contributed by atoms with van der Waals surface area (Å²) in [6.07, 6.45) is 7.88. The summed E-state index contributed by atoms with van der Waals surface area (Å²) < 4.78 is 10.7. The second-order valence-corrected chi connectivity index (χ2v) is 8.91. The Labute approximate surface area is 175 Å². The molecule has 1 aliphatic heterocycles. The number of aromatic amines is 1. The minimum atomic E-state index is -0.589. The summed E-state index contributed by atoms with van der Waals surface area (Å²) in [6.45, 7) is 13.1. The first-order chi connectivity index (χ1) is 13.7. The van der Waals surface area contributed by atoms with E-state index in [-0.39, 0.29) is 5.97 Å². The fraction of sp³-hybridized carbons (Fsp3) is 0.739. The molecule has 0 unspecified atom stereocenters. The number of aryl methyl sites for hydroxylation is 1. The van der Waals surface area contributed by atoms with Crippen LogP contribution in [0.3, 0.4) is 0 Å². The maximum atomic E-state index is 12.6. The number of carbonyl (C=O) groups is 2. The number of nitrogens with one attached hydrogen (secondary N) is 1. The van der Waals surface area contributed by atoms with Gasteiger partial charge in [-0.1, -0.05) is 12.8 Å². The molecular weight excluding hydrogens is 368 g/mol. The summed E-state index contributed by atoms with van der Waals surface area (Å²) in [5.41, 5.74) is 1.65. The molecule has 1 N–H and O–H groups in total. The number of aromatic nitrogens is 1. The van der Waals surface area contributed by atoms with Crippen LogP contribution in [0.25, 0.3) is 0 Å². The van der Waals surface area contributed by atoms with Crippen molar-refractivity contribution in [2.75, 3.05) is 26.2 Å². The van der Waals surface area contributed by atoms with Gasteiger partial charge in [0.25, 0.3) is 0 Å². The van der Waals surface area contributed by atoms with Crippen molar-refractivity contribution in [1.82, 2.24) is 9.88 Å². The van der Waals surface area contributed by atoms with Crippen LogP contribution in [0.5, 0.6) is 0 Å².